The predicted molar refractivity (Wildman–Crippen MR) is 84.9 cm³/mol. The van der Waals surface area contributed by atoms with Gasteiger partial charge in [-0.2, -0.15) is 0 Å². The van der Waals surface area contributed by atoms with Crippen molar-refractivity contribution in [3.63, 3.8) is 0 Å². The van der Waals surface area contributed by atoms with Crippen LogP contribution in [0, 0.1) is 0 Å². The van der Waals surface area contributed by atoms with E-state index < -0.39 is 5.97 Å². The fraction of sp³-hybridized carbons (Fsp3) is 0.214. The lowest BCUT2D eigenvalue weighted by Crippen LogP contribution is -2.22. The molecule has 21 heavy (non-hydrogen) atoms. The van der Waals surface area contributed by atoms with Crippen molar-refractivity contribution in [3.05, 3.63) is 34.7 Å². The Bertz CT molecular complexity index is 610. The average Bonchev–Trinajstić information content (AvgIpc) is 2.73. The quantitative estimate of drug-likeness (QED) is 0.480. The molecule has 1 aliphatic heterocycles. The number of rotatable bonds is 4. The molecule has 0 atom stereocenters. The number of amides is 1. The zero-order chi connectivity index (χ0) is 15.4. The van der Waals surface area contributed by atoms with E-state index in [4.69, 9.17) is 17.0 Å². The summed E-state index contributed by atoms with van der Waals surface area (Å²) < 4.78 is 10.3. The highest BCUT2D eigenvalue weighted by Crippen LogP contribution is 2.31. The number of nitrogens with zero attached hydrogens (tertiary/aromatic N) is 1. The highest BCUT2D eigenvalue weighted by Gasteiger charge is 2.28. The van der Waals surface area contributed by atoms with E-state index >= 15 is 0 Å². The van der Waals surface area contributed by atoms with Crippen molar-refractivity contribution in [1.29, 1.82) is 0 Å². The van der Waals surface area contributed by atoms with Crippen molar-refractivity contribution in [2.75, 3.05) is 20.8 Å². The van der Waals surface area contributed by atoms with E-state index in [1.807, 2.05) is 0 Å². The maximum absolute atomic E-state index is 11.9. The molecule has 2 rings (SSSR count). The van der Waals surface area contributed by atoms with Crippen LogP contribution >= 0.6 is 24.0 Å². The Morgan fingerprint density at radius 2 is 2.05 bits per heavy atom. The van der Waals surface area contributed by atoms with Gasteiger partial charge < -0.3 is 9.47 Å². The highest BCUT2D eigenvalue weighted by molar-refractivity contribution is 8.26. The standard InChI is InChI=1S/C14H13NO4S2/c1-15-13(17)11(21-14(15)20)7-9-3-5-10(6-4-9)19-8-12(16)18-2/h3-7H,8H2,1-2H3. The van der Waals surface area contributed by atoms with E-state index in [0.717, 1.165) is 5.56 Å². The van der Waals surface area contributed by atoms with Gasteiger partial charge >= 0.3 is 5.97 Å². The minimum absolute atomic E-state index is 0.101. The lowest BCUT2D eigenvalue weighted by molar-refractivity contribution is -0.142. The maximum Gasteiger partial charge on any atom is 0.343 e. The SMILES string of the molecule is COC(=O)COc1ccc(C=C2SC(=S)N(C)C2=O)cc1. The van der Waals surface area contributed by atoms with Gasteiger partial charge in [0.05, 0.1) is 12.0 Å². The number of thioether (sulfide) groups is 1. The highest BCUT2D eigenvalue weighted by atomic mass is 32.2. The Morgan fingerprint density at radius 3 is 2.57 bits per heavy atom. The molecule has 1 aromatic rings. The summed E-state index contributed by atoms with van der Waals surface area (Å²) in [6.07, 6.45) is 1.77. The molecule has 5 nitrogen and oxygen atoms in total. The second-order valence-corrected chi connectivity index (χ2v) is 5.85. The van der Waals surface area contributed by atoms with Crippen LogP contribution in [0.1, 0.15) is 5.56 Å². The Balaban J connectivity index is 2.04. The van der Waals surface area contributed by atoms with Crippen LogP contribution in [0.25, 0.3) is 6.08 Å². The Kier molecular flexibility index (Phi) is 4.98. The first-order valence-corrected chi connectivity index (χ1v) is 7.25. The number of methoxy groups -OCH3 is 1. The molecule has 1 saturated heterocycles. The van der Waals surface area contributed by atoms with Gasteiger partial charge in [0.1, 0.15) is 10.1 Å². The molecule has 0 bridgehead atoms. The number of ether oxygens (including phenoxy) is 2. The van der Waals surface area contributed by atoms with Gasteiger partial charge in [0, 0.05) is 7.05 Å². The third-order valence-electron chi connectivity index (χ3n) is 2.75. The molecule has 1 heterocycles. The fourth-order valence-electron chi connectivity index (χ4n) is 1.56. The summed E-state index contributed by atoms with van der Waals surface area (Å²) >= 11 is 6.34. The van der Waals surface area contributed by atoms with E-state index in [1.54, 1.807) is 37.4 Å². The van der Waals surface area contributed by atoms with Crippen LogP contribution in [-0.2, 0) is 14.3 Å². The number of hydrogen-bond acceptors (Lipinski definition) is 6. The molecule has 1 aliphatic rings. The van der Waals surface area contributed by atoms with Gasteiger partial charge in [-0.25, -0.2) is 4.79 Å². The largest absolute Gasteiger partial charge is 0.482 e. The van der Waals surface area contributed by atoms with Crippen molar-refractivity contribution in [2.45, 2.75) is 0 Å². The van der Waals surface area contributed by atoms with Crippen molar-refractivity contribution in [3.8, 4) is 5.75 Å². The molecule has 0 saturated carbocycles. The van der Waals surface area contributed by atoms with Crippen LogP contribution in [-0.4, -0.2) is 41.9 Å². The van der Waals surface area contributed by atoms with Crippen LogP contribution in [0.5, 0.6) is 5.75 Å². The van der Waals surface area contributed by atoms with E-state index in [-0.39, 0.29) is 12.5 Å². The van der Waals surface area contributed by atoms with Gasteiger partial charge in [-0.15, -0.1) is 0 Å². The molecule has 0 aliphatic carbocycles. The van der Waals surface area contributed by atoms with E-state index in [2.05, 4.69) is 4.74 Å². The molecule has 0 N–H and O–H groups in total. The van der Waals surface area contributed by atoms with Crippen LogP contribution < -0.4 is 4.74 Å². The number of likely N-dealkylation sites (N-methyl/N-ethyl adjacent to an activating group) is 1. The number of esters is 1. The van der Waals surface area contributed by atoms with Gasteiger partial charge in [-0.05, 0) is 23.8 Å². The van der Waals surface area contributed by atoms with Crippen molar-refractivity contribution in [1.82, 2.24) is 4.90 Å². The van der Waals surface area contributed by atoms with Crippen molar-refractivity contribution < 1.29 is 19.1 Å². The summed E-state index contributed by atoms with van der Waals surface area (Å²) in [6.45, 7) is -0.135. The summed E-state index contributed by atoms with van der Waals surface area (Å²) in [5, 5.41) is 0. The molecular formula is C14H13NO4S2. The van der Waals surface area contributed by atoms with E-state index in [1.165, 1.54) is 23.8 Å². The number of hydrogen-bond donors (Lipinski definition) is 0. The third-order valence-corrected chi connectivity index (χ3v) is 4.23. The minimum Gasteiger partial charge on any atom is -0.482 e. The van der Waals surface area contributed by atoms with E-state index in [9.17, 15) is 9.59 Å². The zero-order valence-corrected chi connectivity index (χ0v) is 13.1. The lowest BCUT2D eigenvalue weighted by atomic mass is 10.2. The topological polar surface area (TPSA) is 55.8 Å². The van der Waals surface area contributed by atoms with Gasteiger partial charge in [-0.1, -0.05) is 36.1 Å². The zero-order valence-electron chi connectivity index (χ0n) is 11.5. The number of carbonyl (C=O) groups is 2. The number of benzene rings is 1. The molecule has 1 fully saturated rings. The number of carbonyl (C=O) groups excluding carboxylic acids is 2. The minimum atomic E-state index is -0.439. The maximum atomic E-state index is 11.9. The van der Waals surface area contributed by atoms with Gasteiger partial charge in [-0.3, -0.25) is 9.69 Å². The lowest BCUT2D eigenvalue weighted by Gasteiger charge is -2.05. The smallest absolute Gasteiger partial charge is 0.343 e. The molecule has 0 spiro atoms. The summed E-state index contributed by atoms with van der Waals surface area (Å²) in [7, 11) is 2.96. The second-order valence-electron chi connectivity index (χ2n) is 4.17. The molecule has 110 valence electrons. The van der Waals surface area contributed by atoms with Gasteiger partial charge in [0.25, 0.3) is 5.91 Å². The molecule has 1 aromatic carbocycles. The normalized spacial score (nSPS) is 16.5. The summed E-state index contributed by atoms with van der Waals surface area (Å²) in [5.41, 5.74) is 0.856. The summed E-state index contributed by atoms with van der Waals surface area (Å²) in [6, 6.07) is 7.05. The molecular weight excluding hydrogens is 310 g/mol. The fourth-order valence-corrected chi connectivity index (χ4v) is 2.74. The first kappa shape index (κ1) is 15.5. The monoisotopic (exact) mass is 323 g/mol. The molecule has 1 amide bonds. The van der Waals surface area contributed by atoms with E-state index in [0.29, 0.717) is 15.0 Å². The molecule has 0 radical (unpaired) electrons. The van der Waals surface area contributed by atoms with Crippen molar-refractivity contribution >= 4 is 46.3 Å². The first-order chi connectivity index (χ1) is 10.0. The number of thiocarbonyl (C=S) groups is 1. The molecule has 7 heteroatoms. The van der Waals surface area contributed by atoms with Crippen molar-refractivity contribution in [2.24, 2.45) is 0 Å². The third kappa shape index (κ3) is 3.83. The molecule has 0 aromatic heterocycles. The van der Waals surface area contributed by atoms with Crippen LogP contribution in [0.4, 0.5) is 0 Å². The molecule has 0 unspecified atom stereocenters. The average molecular weight is 323 g/mol. The van der Waals surface area contributed by atoms with Crippen LogP contribution in [0.2, 0.25) is 0 Å². The summed E-state index contributed by atoms with van der Waals surface area (Å²) in [5.74, 6) is 0.0160. The predicted octanol–water partition coefficient (Wildman–Crippen LogP) is 2.07. The Labute approximate surface area is 131 Å². The summed E-state index contributed by atoms with van der Waals surface area (Å²) in [4.78, 5) is 24.9. The Hall–Kier alpha value is -1.86. The Morgan fingerprint density at radius 1 is 1.38 bits per heavy atom. The first-order valence-electron chi connectivity index (χ1n) is 6.02. The second kappa shape index (κ2) is 6.73. The van der Waals surface area contributed by atoms with Crippen LogP contribution in [0.3, 0.4) is 0 Å². The van der Waals surface area contributed by atoms with Gasteiger partial charge in [0.2, 0.25) is 0 Å². The van der Waals surface area contributed by atoms with Crippen LogP contribution in [0.15, 0.2) is 29.2 Å². The van der Waals surface area contributed by atoms with Gasteiger partial charge in [0.15, 0.2) is 6.61 Å².